The zero-order valence-corrected chi connectivity index (χ0v) is 13.8. The molecule has 2 unspecified atom stereocenters. The molecule has 5 nitrogen and oxygen atoms in total. The van der Waals surface area contributed by atoms with E-state index in [1.807, 2.05) is 6.92 Å². The lowest BCUT2D eigenvalue weighted by molar-refractivity contribution is -0.808. The Balaban J connectivity index is 2.41. The van der Waals surface area contributed by atoms with E-state index in [-0.39, 0.29) is 17.2 Å². The summed E-state index contributed by atoms with van der Waals surface area (Å²) in [7, 11) is 0. The van der Waals surface area contributed by atoms with Crippen molar-refractivity contribution >= 4 is 11.8 Å². The topological polar surface area (TPSA) is 78.5 Å². The Labute approximate surface area is 133 Å². The van der Waals surface area contributed by atoms with Crippen LogP contribution in [0.15, 0.2) is 29.5 Å². The summed E-state index contributed by atoms with van der Waals surface area (Å²) < 4.78 is 0.0919. The first-order valence-electron chi connectivity index (χ1n) is 8.25. The Hall–Kier alpha value is -1.46. The molecule has 2 N–H and O–H groups in total. The highest BCUT2D eigenvalue weighted by atomic mass is 16.4. The molecule has 1 aliphatic rings. The molecule has 0 aromatic carbocycles. The maximum Gasteiger partial charge on any atom is 0.209 e. The molecule has 0 aliphatic carbocycles. The second-order valence-corrected chi connectivity index (χ2v) is 5.90. The first-order valence-corrected chi connectivity index (χ1v) is 8.25. The van der Waals surface area contributed by atoms with Crippen molar-refractivity contribution in [1.82, 2.24) is 0 Å². The van der Waals surface area contributed by atoms with Crippen LogP contribution in [0.4, 0.5) is 0 Å². The number of allylic oxidation sites excluding steroid dienone is 2. The minimum atomic E-state index is -1.10. The molecule has 1 rings (SSSR count). The van der Waals surface area contributed by atoms with Crippen molar-refractivity contribution in [3.63, 3.8) is 0 Å². The number of aliphatic carboxylic acids is 1. The van der Waals surface area contributed by atoms with E-state index in [0.29, 0.717) is 0 Å². The van der Waals surface area contributed by atoms with E-state index < -0.39 is 5.97 Å². The summed E-state index contributed by atoms with van der Waals surface area (Å²) in [5, 5.41) is 11.0. The number of unbranched alkanes of at least 4 members (excludes halogenated alkanes) is 4. The molecule has 124 valence electrons. The van der Waals surface area contributed by atoms with Gasteiger partial charge in [-0.1, -0.05) is 31.9 Å². The zero-order chi connectivity index (χ0) is 16.4. The summed E-state index contributed by atoms with van der Waals surface area (Å²) in [6.07, 6.45) is 15.1. The van der Waals surface area contributed by atoms with Crippen molar-refractivity contribution in [2.24, 2.45) is 10.7 Å². The Bertz CT molecular complexity index is 441. The summed E-state index contributed by atoms with van der Waals surface area (Å²) in [6, 6.07) is 0. The average molecular weight is 307 g/mol. The minimum Gasteiger partial charge on any atom is -0.544 e. The lowest BCUT2D eigenvalue weighted by Crippen LogP contribution is -2.60. The summed E-state index contributed by atoms with van der Waals surface area (Å²) in [4.78, 5) is 15.4. The van der Waals surface area contributed by atoms with Gasteiger partial charge in [0, 0.05) is 13.3 Å². The van der Waals surface area contributed by atoms with Crippen LogP contribution < -0.4 is 10.8 Å². The average Bonchev–Trinajstić information content (AvgIpc) is 2.85. The van der Waals surface area contributed by atoms with Crippen molar-refractivity contribution in [3.8, 4) is 0 Å². The van der Waals surface area contributed by atoms with Crippen LogP contribution in [0.3, 0.4) is 0 Å². The molecular weight excluding hydrogens is 278 g/mol. The molecular formula is C17H29N3O2. The molecule has 0 fully saturated rings. The molecule has 22 heavy (non-hydrogen) atoms. The number of carboxylic acids is 1. The van der Waals surface area contributed by atoms with Crippen LogP contribution in [-0.2, 0) is 4.79 Å². The quantitative estimate of drug-likeness (QED) is 0.360. The third-order valence-electron chi connectivity index (χ3n) is 4.07. The second-order valence-electron chi connectivity index (χ2n) is 5.90. The highest BCUT2D eigenvalue weighted by Gasteiger charge is 2.38. The third kappa shape index (κ3) is 5.39. The van der Waals surface area contributed by atoms with Gasteiger partial charge in [0.15, 0.2) is 0 Å². The Morgan fingerprint density at radius 2 is 2.05 bits per heavy atom. The molecule has 5 heteroatoms. The highest BCUT2D eigenvalue weighted by Crippen LogP contribution is 2.23. The van der Waals surface area contributed by atoms with E-state index in [0.717, 1.165) is 37.9 Å². The number of nitrogens with zero attached hydrogens (tertiary/aromatic N) is 2. The van der Waals surface area contributed by atoms with E-state index in [9.17, 15) is 9.90 Å². The van der Waals surface area contributed by atoms with Gasteiger partial charge in [-0.3, -0.25) is 5.73 Å². The van der Waals surface area contributed by atoms with Crippen LogP contribution in [0.1, 0.15) is 58.8 Å². The maximum absolute atomic E-state index is 11.0. The van der Waals surface area contributed by atoms with E-state index in [2.05, 4.69) is 24.1 Å². The first-order chi connectivity index (χ1) is 10.5. The van der Waals surface area contributed by atoms with Gasteiger partial charge in [-0.05, 0) is 25.7 Å². The molecule has 0 spiro atoms. The molecule has 0 aromatic heterocycles. The van der Waals surface area contributed by atoms with Crippen LogP contribution in [0.25, 0.3) is 0 Å². The van der Waals surface area contributed by atoms with Gasteiger partial charge in [0.1, 0.15) is 18.9 Å². The third-order valence-corrected chi connectivity index (χ3v) is 4.07. The van der Waals surface area contributed by atoms with Gasteiger partial charge < -0.3 is 9.90 Å². The van der Waals surface area contributed by atoms with Crippen LogP contribution in [0.2, 0.25) is 0 Å². The summed E-state index contributed by atoms with van der Waals surface area (Å²) >= 11 is 0. The number of aliphatic imine (C=N–C) groups is 1. The van der Waals surface area contributed by atoms with E-state index in [1.165, 1.54) is 12.8 Å². The molecule has 0 amide bonds. The fourth-order valence-electron chi connectivity index (χ4n) is 2.68. The molecule has 0 saturated carbocycles. The lowest BCUT2D eigenvalue weighted by Gasteiger charge is -2.36. The number of hydrogen-bond donors (Lipinski definition) is 1. The van der Waals surface area contributed by atoms with Crippen molar-refractivity contribution in [2.75, 3.05) is 6.54 Å². The number of amidine groups is 1. The van der Waals surface area contributed by atoms with Gasteiger partial charge in [-0.2, -0.15) is 0 Å². The number of carbonyl (C=O) groups is 1. The number of nitrogens with two attached hydrogens (primary N) is 1. The van der Waals surface area contributed by atoms with Gasteiger partial charge >= 0.3 is 0 Å². The molecule has 0 radical (unpaired) electrons. The number of carbonyl (C=O) groups excluding carboxylic acids is 1. The second kappa shape index (κ2) is 9.54. The van der Waals surface area contributed by atoms with E-state index in [4.69, 9.17) is 5.73 Å². The normalized spacial score (nSPS) is 22.2. The van der Waals surface area contributed by atoms with Crippen molar-refractivity contribution < 1.29 is 14.4 Å². The van der Waals surface area contributed by atoms with Crippen LogP contribution >= 0.6 is 0 Å². The number of quaternary nitrogens is 1. The fourth-order valence-corrected chi connectivity index (χ4v) is 2.68. The van der Waals surface area contributed by atoms with Crippen LogP contribution in [-0.4, -0.2) is 29.0 Å². The van der Waals surface area contributed by atoms with Gasteiger partial charge in [0.2, 0.25) is 5.84 Å². The smallest absolute Gasteiger partial charge is 0.209 e. The Kier molecular flexibility index (Phi) is 8.06. The number of carboxylic acid groups (broad SMARTS) is 1. The molecule has 2 atom stereocenters. The summed E-state index contributed by atoms with van der Waals surface area (Å²) in [5.41, 5.74) is 6.01. The standard InChI is InChI=1S/C17H29N3O2/c1-3-4-5-6-7-8-9-10-11-16-19-12-13-20(16,15(2)18)14-17(21)22/h6-7,12-13,15H,3-5,8-11,14,18H2,1-2H3/b7-6+. The SMILES string of the molecule is CCCC/C=C/CCCCC1=NC=C[N+]1(CC(=O)[O-])C(C)N. The van der Waals surface area contributed by atoms with Gasteiger partial charge in [0.05, 0.1) is 12.2 Å². The van der Waals surface area contributed by atoms with E-state index in [1.54, 1.807) is 12.4 Å². The van der Waals surface area contributed by atoms with Gasteiger partial charge in [-0.15, -0.1) is 0 Å². The van der Waals surface area contributed by atoms with Gasteiger partial charge in [0.25, 0.3) is 0 Å². The zero-order valence-electron chi connectivity index (χ0n) is 13.8. The molecule has 1 aliphatic heterocycles. The molecule has 0 saturated heterocycles. The predicted octanol–water partition coefficient (Wildman–Crippen LogP) is 2.05. The molecule has 0 bridgehead atoms. The predicted molar refractivity (Wildman–Crippen MR) is 87.5 cm³/mol. The lowest BCUT2D eigenvalue weighted by atomic mass is 10.1. The maximum atomic E-state index is 11.0. The molecule has 0 aromatic rings. The summed E-state index contributed by atoms with van der Waals surface area (Å²) in [5.74, 6) is -0.274. The summed E-state index contributed by atoms with van der Waals surface area (Å²) in [6.45, 7) is 3.86. The van der Waals surface area contributed by atoms with Crippen molar-refractivity contribution in [3.05, 3.63) is 24.6 Å². The van der Waals surface area contributed by atoms with Crippen molar-refractivity contribution in [1.29, 1.82) is 0 Å². The van der Waals surface area contributed by atoms with Crippen molar-refractivity contribution in [2.45, 2.75) is 65.0 Å². The first kappa shape index (κ1) is 18.6. The van der Waals surface area contributed by atoms with Gasteiger partial charge in [-0.25, -0.2) is 9.48 Å². The largest absolute Gasteiger partial charge is 0.544 e. The fraction of sp³-hybridized carbons (Fsp3) is 0.647. The minimum absolute atomic E-state index is 0.0919. The van der Waals surface area contributed by atoms with E-state index >= 15 is 0 Å². The monoisotopic (exact) mass is 307 g/mol. The molecule has 1 heterocycles. The highest BCUT2D eigenvalue weighted by molar-refractivity contribution is 5.81. The van der Waals surface area contributed by atoms with Crippen LogP contribution in [0.5, 0.6) is 0 Å². The van der Waals surface area contributed by atoms with Crippen LogP contribution in [0, 0.1) is 0 Å². The Morgan fingerprint density at radius 1 is 1.36 bits per heavy atom. The number of rotatable bonds is 11. The number of hydrogen-bond acceptors (Lipinski definition) is 4. The Morgan fingerprint density at radius 3 is 2.64 bits per heavy atom.